The first-order valence-corrected chi connectivity index (χ1v) is 4.77. The number of nitrogens with zero attached hydrogens (tertiary/aromatic N) is 2. The molecule has 3 heteroatoms. The van der Waals surface area contributed by atoms with Crippen molar-refractivity contribution < 1.29 is 4.74 Å². The SMILES string of the molecule is C/C=C/c1cnc2ccc(OC)cc2n1. The number of hydrogen-bond donors (Lipinski definition) is 0. The summed E-state index contributed by atoms with van der Waals surface area (Å²) in [6, 6.07) is 5.67. The van der Waals surface area contributed by atoms with Gasteiger partial charge in [0.05, 0.1) is 30.0 Å². The third-order valence-electron chi connectivity index (χ3n) is 2.11. The highest BCUT2D eigenvalue weighted by molar-refractivity contribution is 5.76. The second-order valence-corrected chi connectivity index (χ2v) is 3.15. The average Bonchev–Trinajstić information content (AvgIpc) is 2.28. The summed E-state index contributed by atoms with van der Waals surface area (Å²) in [6.45, 7) is 1.96. The lowest BCUT2D eigenvalue weighted by molar-refractivity contribution is 0.415. The maximum atomic E-state index is 5.14. The van der Waals surface area contributed by atoms with Crippen LogP contribution in [0.25, 0.3) is 17.1 Å². The van der Waals surface area contributed by atoms with Gasteiger partial charge in [0.25, 0.3) is 0 Å². The van der Waals surface area contributed by atoms with E-state index in [1.54, 1.807) is 13.3 Å². The maximum Gasteiger partial charge on any atom is 0.121 e. The molecule has 0 spiro atoms. The molecule has 0 amide bonds. The molecule has 1 aromatic carbocycles. The summed E-state index contributed by atoms with van der Waals surface area (Å²) < 4.78 is 5.14. The van der Waals surface area contributed by atoms with Gasteiger partial charge in [-0.15, -0.1) is 0 Å². The molecule has 0 unspecified atom stereocenters. The lowest BCUT2D eigenvalue weighted by atomic mass is 10.2. The first kappa shape index (κ1) is 9.65. The lowest BCUT2D eigenvalue weighted by Crippen LogP contribution is -1.89. The monoisotopic (exact) mass is 200 g/mol. The van der Waals surface area contributed by atoms with Crippen LogP contribution in [-0.2, 0) is 0 Å². The summed E-state index contributed by atoms with van der Waals surface area (Å²) in [4.78, 5) is 8.75. The minimum atomic E-state index is 0.800. The summed E-state index contributed by atoms with van der Waals surface area (Å²) in [5.41, 5.74) is 2.59. The standard InChI is InChI=1S/C12H12N2O/c1-3-4-9-8-13-11-6-5-10(15-2)7-12(11)14-9/h3-8H,1-2H3/b4-3+. The minimum absolute atomic E-state index is 0.800. The molecular formula is C12H12N2O. The summed E-state index contributed by atoms with van der Waals surface area (Å²) in [5.74, 6) is 0.800. The number of aromatic nitrogens is 2. The molecule has 3 nitrogen and oxygen atoms in total. The van der Waals surface area contributed by atoms with Crippen LogP contribution in [0.4, 0.5) is 0 Å². The Morgan fingerprint density at radius 1 is 1.27 bits per heavy atom. The third-order valence-corrected chi connectivity index (χ3v) is 2.11. The Kier molecular flexibility index (Phi) is 2.63. The molecule has 0 N–H and O–H groups in total. The Bertz CT molecular complexity index is 506. The van der Waals surface area contributed by atoms with Crippen LogP contribution in [0.1, 0.15) is 12.6 Å². The Morgan fingerprint density at radius 2 is 2.13 bits per heavy atom. The lowest BCUT2D eigenvalue weighted by Gasteiger charge is -2.01. The summed E-state index contributed by atoms with van der Waals surface area (Å²) in [5, 5.41) is 0. The van der Waals surface area contributed by atoms with E-state index in [2.05, 4.69) is 9.97 Å². The molecule has 0 bridgehead atoms. The van der Waals surface area contributed by atoms with Gasteiger partial charge >= 0.3 is 0 Å². The van der Waals surface area contributed by atoms with E-state index in [9.17, 15) is 0 Å². The number of benzene rings is 1. The van der Waals surface area contributed by atoms with Gasteiger partial charge in [-0.05, 0) is 25.1 Å². The number of rotatable bonds is 2. The van der Waals surface area contributed by atoms with Crippen LogP contribution in [-0.4, -0.2) is 17.1 Å². The van der Waals surface area contributed by atoms with Crippen LogP contribution in [0, 0.1) is 0 Å². The molecule has 2 aromatic rings. The minimum Gasteiger partial charge on any atom is -0.497 e. The molecule has 76 valence electrons. The van der Waals surface area contributed by atoms with Crippen LogP contribution >= 0.6 is 0 Å². The molecule has 0 radical (unpaired) electrons. The van der Waals surface area contributed by atoms with Gasteiger partial charge in [-0.1, -0.05) is 6.08 Å². The molecule has 0 aliphatic heterocycles. The van der Waals surface area contributed by atoms with Crippen molar-refractivity contribution in [2.24, 2.45) is 0 Å². The summed E-state index contributed by atoms with van der Waals surface area (Å²) in [6.07, 6.45) is 5.62. The van der Waals surface area contributed by atoms with Crippen molar-refractivity contribution in [3.8, 4) is 5.75 Å². The molecule has 0 aliphatic rings. The van der Waals surface area contributed by atoms with E-state index in [0.717, 1.165) is 22.5 Å². The van der Waals surface area contributed by atoms with Crippen molar-refractivity contribution in [2.45, 2.75) is 6.92 Å². The van der Waals surface area contributed by atoms with E-state index < -0.39 is 0 Å². The number of allylic oxidation sites excluding steroid dienone is 1. The number of hydrogen-bond acceptors (Lipinski definition) is 3. The highest BCUT2D eigenvalue weighted by Gasteiger charge is 1.99. The molecule has 1 aromatic heterocycles. The first-order valence-electron chi connectivity index (χ1n) is 4.77. The highest BCUT2D eigenvalue weighted by atomic mass is 16.5. The number of ether oxygens (including phenoxy) is 1. The predicted molar refractivity (Wildman–Crippen MR) is 60.8 cm³/mol. The molecule has 0 saturated carbocycles. The Hall–Kier alpha value is -1.90. The van der Waals surface area contributed by atoms with Crippen LogP contribution in [0.3, 0.4) is 0 Å². The van der Waals surface area contributed by atoms with Gasteiger partial charge < -0.3 is 4.74 Å². The van der Waals surface area contributed by atoms with E-state index in [-0.39, 0.29) is 0 Å². The molecular weight excluding hydrogens is 188 g/mol. The number of fused-ring (bicyclic) bond motifs is 1. The quantitative estimate of drug-likeness (QED) is 0.747. The van der Waals surface area contributed by atoms with Crippen molar-refractivity contribution >= 4 is 17.1 Å². The Morgan fingerprint density at radius 3 is 2.87 bits per heavy atom. The van der Waals surface area contributed by atoms with Gasteiger partial charge in [0, 0.05) is 6.07 Å². The van der Waals surface area contributed by atoms with Crippen molar-refractivity contribution in [3.63, 3.8) is 0 Å². The van der Waals surface area contributed by atoms with E-state index in [4.69, 9.17) is 4.74 Å². The fourth-order valence-electron chi connectivity index (χ4n) is 1.38. The fourth-order valence-corrected chi connectivity index (χ4v) is 1.38. The normalized spacial score (nSPS) is 11.1. The largest absolute Gasteiger partial charge is 0.497 e. The number of methoxy groups -OCH3 is 1. The van der Waals surface area contributed by atoms with Crippen LogP contribution < -0.4 is 4.74 Å². The van der Waals surface area contributed by atoms with E-state index in [1.807, 2.05) is 37.3 Å². The van der Waals surface area contributed by atoms with Crippen LogP contribution in [0.2, 0.25) is 0 Å². The van der Waals surface area contributed by atoms with E-state index in [1.165, 1.54) is 0 Å². The zero-order valence-electron chi connectivity index (χ0n) is 8.77. The van der Waals surface area contributed by atoms with Gasteiger partial charge in [0.1, 0.15) is 5.75 Å². The molecule has 2 rings (SSSR count). The van der Waals surface area contributed by atoms with Crippen molar-refractivity contribution in [1.29, 1.82) is 0 Å². The first-order chi connectivity index (χ1) is 7.33. The van der Waals surface area contributed by atoms with Crippen molar-refractivity contribution in [3.05, 3.63) is 36.2 Å². The average molecular weight is 200 g/mol. The van der Waals surface area contributed by atoms with Gasteiger partial charge in [-0.2, -0.15) is 0 Å². The molecule has 0 saturated heterocycles. The Labute approximate surface area is 88.4 Å². The van der Waals surface area contributed by atoms with E-state index in [0.29, 0.717) is 0 Å². The zero-order chi connectivity index (χ0) is 10.7. The molecule has 0 fully saturated rings. The molecule has 0 atom stereocenters. The third kappa shape index (κ3) is 1.96. The van der Waals surface area contributed by atoms with E-state index >= 15 is 0 Å². The second kappa shape index (κ2) is 4.09. The van der Waals surface area contributed by atoms with Gasteiger partial charge in [0.15, 0.2) is 0 Å². The van der Waals surface area contributed by atoms with Gasteiger partial charge in [0.2, 0.25) is 0 Å². The second-order valence-electron chi connectivity index (χ2n) is 3.15. The summed E-state index contributed by atoms with van der Waals surface area (Å²) >= 11 is 0. The van der Waals surface area contributed by atoms with Gasteiger partial charge in [-0.25, -0.2) is 4.98 Å². The topological polar surface area (TPSA) is 35.0 Å². The predicted octanol–water partition coefficient (Wildman–Crippen LogP) is 2.67. The van der Waals surface area contributed by atoms with Gasteiger partial charge in [-0.3, -0.25) is 4.98 Å². The summed E-state index contributed by atoms with van der Waals surface area (Å²) in [7, 11) is 1.64. The highest BCUT2D eigenvalue weighted by Crippen LogP contribution is 2.17. The van der Waals surface area contributed by atoms with Crippen LogP contribution in [0.15, 0.2) is 30.5 Å². The van der Waals surface area contributed by atoms with Crippen molar-refractivity contribution in [1.82, 2.24) is 9.97 Å². The molecule has 1 heterocycles. The zero-order valence-corrected chi connectivity index (χ0v) is 8.77. The van der Waals surface area contributed by atoms with Crippen molar-refractivity contribution in [2.75, 3.05) is 7.11 Å². The fraction of sp³-hybridized carbons (Fsp3) is 0.167. The maximum absolute atomic E-state index is 5.14. The smallest absolute Gasteiger partial charge is 0.121 e. The van der Waals surface area contributed by atoms with Crippen LogP contribution in [0.5, 0.6) is 5.75 Å². The molecule has 0 aliphatic carbocycles. The Balaban J connectivity index is 2.57. The molecule has 15 heavy (non-hydrogen) atoms.